The minimum atomic E-state index is -0.131. The van der Waals surface area contributed by atoms with Crippen LogP contribution < -0.4 is 16.1 Å². The maximum absolute atomic E-state index is 11.6. The average molecular weight is 207 g/mol. The maximum Gasteiger partial charge on any atom is 0.242 e. The first kappa shape index (κ1) is 9.92. The quantitative estimate of drug-likeness (QED) is 0.642. The molecule has 1 aliphatic heterocycles. The van der Waals surface area contributed by atoms with E-state index in [-0.39, 0.29) is 17.4 Å². The average Bonchev–Trinajstić information content (AvgIpc) is 2.70. The van der Waals surface area contributed by atoms with Crippen molar-refractivity contribution < 1.29 is 4.79 Å². The van der Waals surface area contributed by atoms with Crippen molar-refractivity contribution in [2.45, 2.75) is 18.9 Å². The Labute approximate surface area is 86.9 Å². The molecule has 1 atom stereocenters. The molecule has 1 amide bonds. The third-order valence-corrected chi connectivity index (χ3v) is 2.41. The Bertz CT molecular complexity index is 407. The van der Waals surface area contributed by atoms with Crippen molar-refractivity contribution in [1.29, 1.82) is 0 Å². The summed E-state index contributed by atoms with van der Waals surface area (Å²) in [4.78, 5) is 25.4. The number of carbonyl (C=O) groups excluding carboxylic acids is 1. The molecule has 15 heavy (non-hydrogen) atoms. The molecule has 1 aromatic heterocycles. The SMILES string of the molecule is O=C(Nc1cc(=O)cc[nH]1)C1CCCN1. The molecule has 0 spiro atoms. The Morgan fingerprint density at radius 3 is 3.07 bits per heavy atom. The van der Waals surface area contributed by atoms with Gasteiger partial charge in [0, 0.05) is 18.3 Å². The van der Waals surface area contributed by atoms with Crippen LogP contribution in [0.5, 0.6) is 0 Å². The van der Waals surface area contributed by atoms with Gasteiger partial charge in [-0.2, -0.15) is 0 Å². The zero-order valence-electron chi connectivity index (χ0n) is 8.25. The van der Waals surface area contributed by atoms with E-state index in [9.17, 15) is 9.59 Å². The van der Waals surface area contributed by atoms with E-state index < -0.39 is 0 Å². The lowest BCUT2D eigenvalue weighted by atomic mass is 10.2. The molecule has 1 aliphatic rings. The van der Waals surface area contributed by atoms with Crippen molar-refractivity contribution in [2.75, 3.05) is 11.9 Å². The van der Waals surface area contributed by atoms with Crippen molar-refractivity contribution in [1.82, 2.24) is 10.3 Å². The second-order valence-electron chi connectivity index (χ2n) is 3.58. The predicted molar refractivity (Wildman–Crippen MR) is 56.7 cm³/mol. The molecular formula is C10H13N3O2. The van der Waals surface area contributed by atoms with Crippen molar-refractivity contribution in [3.63, 3.8) is 0 Å². The Kier molecular flexibility index (Phi) is 2.82. The number of H-pyrrole nitrogens is 1. The Hall–Kier alpha value is -1.62. The van der Waals surface area contributed by atoms with Gasteiger partial charge in [-0.05, 0) is 19.4 Å². The summed E-state index contributed by atoms with van der Waals surface area (Å²) in [5, 5.41) is 5.75. The van der Waals surface area contributed by atoms with Crippen LogP contribution in [0.4, 0.5) is 5.82 Å². The van der Waals surface area contributed by atoms with Crippen LogP contribution in [0.25, 0.3) is 0 Å². The molecule has 0 bridgehead atoms. The fourth-order valence-electron chi connectivity index (χ4n) is 1.65. The zero-order valence-corrected chi connectivity index (χ0v) is 8.25. The van der Waals surface area contributed by atoms with Gasteiger partial charge in [0.2, 0.25) is 5.91 Å². The minimum absolute atomic E-state index is 0.0886. The van der Waals surface area contributed by atoms with Crippen LogP contribution in [0.1, 0.15) is 12.8 Å². The van der Waals surface area contributed by atoms with Crippen molar-refractivity contribution in [2.24, 2.45) is 0 Å². The van der Waals surface area contributed by atoms with Crippen LogP contribution >= 0.6 is 0 Å². The first-order valence-corrected chi connectivity index (χ1v) is 4.99. The molecular weight excluding hydrogens is 194 g/mol. The largest absolute Gasteiger partial charge is 0.348 e. The van der Waals surface area contributed by atoms with Gasteiger partial charge < -0.3 is 15.6 Å². The molecule has 80 valence electrons. The number of hydrogen-bond donors (Lipinski definition) is 3. The summed E-state index contributed by atoms with van der Waals surface area (Å²) in [6, 6.07) is 2.64. The van der Waals surface area contributed by atoms with Gasteiger partial charge in [-0.1, -0.05) is 0 Å². The zero-order chi connectivity index (χ0) is 10.7. The van der Waals surface area contributed by atoms with Crippen LogP contribution in [0.2, 0.25) is 0 Å². The molecule has 0 aliphatic carbocycles. The monoisotopic (exact) mass is 207 g/mol. The van der Waals surface area contributed by atoms with Crippen LogP contribution in [0, 0.1) is 0 Å². The Morgan fingerprint density at radius 1 is 1.53 bits per heavy atom. The number of carbonyl (C=O) groups is 1. The molecule has 1 aromatic rings. The molecule has 5 heteroatoms. The summed E-state index contributed by atoms with van der Waals surface area (Å²) in [7, 11) is 0. The molecule has 5 nitrogen and oxygen atoms in total. The highest BCUT2D eigenvalue weighted by molar-refractivity contribution is 5.94. The van der Waals surface area contributed by atoms with E-state index in [1.165, 1.54) is 18.3 Å². The van der Waals surface area contributed by atoms with Gasteiger partial charge in [0.15, 0.2) is 5.43 Å². The van der Waals surface area contributed by atoms with Gasteiger partial charge in [0.05, 0.1) is 6.04 Å². The lowest BCUT2D eigenvalue weighted by molar-refractivity contribution is -0.117. The van der Waals surface area contributed by atoms with Gasteiger partial charge >= 0.3 is 0 Å². The third kappa shape index (κ3) is 2.44. The summed E-state index contributed by atoms with van der Waals surface area (Å²) in [5.41, 5.74) is -0.122. The molecule has 3 N–H and O–H groups in total. The minimum Gasteiger partial charge on any atom is -0.348 e. The van der Waals surface area contributed by atoms with Crippen LogP contribution in [0.3, 0.4) is 0 Å². The molecule has 1 saturated heterocycles. The normalized spacial score (nSPS) is 20.1. The highest BCUT2D eigenvalue weighted by atomic mass is 16.2. The van der Waals surface area contributed by atoms with E-state index in [1.807, 2.05) is 0 Å². The lowest BCUT2D eigenvalue weighted by Gasteiger charge is -2.10. The van der Waals surface area contributed by atoms with E-state index >= 15 is 0 Å². The van der Waals surface area contributed by atoms with Gasteiger partial charge in [-0.15, -0.1) is 0 Å². The fourth-order valence-corrected chi connectivity index (χ4v) is 1.65. The maximum atomic E-state index is 11.6. The standard InChI is InChI=1S/C10H13N3O2/c14-7-3-5-12-9(6-7)13-10(15)8-2-1-4-11-8/h3,5-6,8,11H,1-2,4H2,(H2,12,13,14,15). The van der Waals surface area contributed by atoms with E-state index in [0.29, 0.717) is 5.82 Å². The van der Waals surface area contributed by atoms with Gasteiger partial charge in [-0.25, -0.2) is 0 Å². The number of amides is 1. The van der Waals surface area contributed by atoms with E-state index in [1.54, 1.807) is 0 Å². The third-order valence-electron chi connectivity index (χ3n) is 2.41. The number of nitrogens with one attached hydrogen (secondary N) is 3. The first-order chi connectivity index (χ1) is 7.25. The highest BCUT2D eigenvalue weighted by Crippen LogP contribution is 2.07. The smallest absolute Gasteiger partial charge is 0.242 e. The second-order valence-corrected chi connectivity index (χ2v) is 3.58. The van der Waals surface area contributed by atoms with Crippen LogP contribution in [-0.4, -0.2) is 23.5 Å². The molecule has 0 saturated carbocycles. The molecule has 1 unspecified atom stereocenters. The second kappa shape index (κ2) is 4.27. The number of hydrogen-bond acceptors (Lipinski definition) is 3. The van der Waals surface area contributed by atoms with Crippen molar-refractivity contribution in [3.8, 4) is 0 Å². The van der Waals surface area contributed by atoms with Gasteiger partial charge in [-0.3, -0.25) is 9.59 Å². The lowest BCUT2D eigenvalue weighted by Crippen LogP contribution is -2.35. The Balaban J connectivity index is 2.02. The molecule has 0 aromatic carbocycles. The fraction of sp³-hybridized carbons (Fsp3) is 0.400. The predicted octanol–water partition coefficient (Wildman–Crippen LogP) is 0.0654. The summed E-state index contributed by atoms with van der Waals surface area (Å²) in [6.45, 7) is 0.878. The van der Waals surface area contributed by atoms with Crippen molar-refractivity contribution >= 4 is 11.7 Å². The number of aromatic nitrogens is 1. The van der Waals surface area contributed by atoms with Crippen LogP contribution in [-0.2, 0) is 4.79 Å². The number of aromatic amines is 1. The summed E-state index contributed by atoms with van der Waals surface area (Å²) in [6.07, 6.45) is 3.38. The number of pyridine rings is 1. The van der Waals surface area contributed by atoms with E-state index in [0.717, 1.165) is 19.4 Å². The van der Waals surface area contributed by atoms with Gasteiger partial charge in [0.25, 0.3) is 0 Å². The van der Waals surface area contributed by atoms with Crippen LogP contribution in [0.15, 0.2) is 23.1 Å². The molecule has 2 rings (SSSR count). The number of rotatable bonds is 2. The van der Waals surface area contributed by atoms with E-state index in [2.05, 4.69) is 15.6 Å². The van der Waals surface area contributed by atoms with Crippen molar-refractivity contribution in [3.05, 3.63) is 28.6 Å². The topological polar surface area (TPSA) is 74.0 Å². The van der Waals surface area contributed by atoms with Gasteiger partial charge in [0.1, 0.15) is 5.82 Å². The summed E-state index contributed by atoms with van der Waals surface area (Å²) >= 11 is 0. The summed E-state index contributed by atoms with van der Waals surface area (Å²) < 4.78 is 0. The molecule has 0 radical (unpaired) electrons. The van der Waals surface area contributed by atoms with E-state index in [4.69, 9.17) is 0 Å². The number of anilines is 1. The summed E-state index contributed by atoms with van der Waals surface area (Å²) in [5.74, 6) is 0.357. The molecule has 1 fully saturated rings. The molecule has 2 heterocycles. The first-order valence-electron chi connectivity index (χ1n) is 4.99. The Morgan fingerprint density at radius 2 is 2.40 bits per heavy atom. The highest BCUT2D eigenvalue weighted by Gasteiger charge is 2.21.